The first kappa shape index (κ1) is 15.6. The van der Waals surface area contributed by atoms with Crippen molar-refractivity contribution in [1.82, 2.24) is 19.9 Å². The molecule has 3 rings (SSSR count). The Kier molecular flexibility index (Phi) is 4.92. The molecule has 6 nitrogen and oxygen atoms in total. The molecule has 1 fully saturated rings. The molecule has 0 aromatic carbocycles. The number of amides is 1. The zero-order valence-electron chi connectivity index (χ0n) is 13.2. The van der Waals surface area contributed by atoms with Crippen LogP contribution in [-0.4, -0.2) is 52.6 Å². The number of likely N-dealkylation sites (tertiary alicyclic amines) is 1. The summed E-state index contributed by atoms with van der Waals surface area (Å²) in [5, 5.41) is 0. The second kappa shape index (κ2) is 7.28. The fourth-order valence-corrected chi connectivity index (χ4v) is 2.93. The van der Waals surface area contributed by atoms with E-state index in [1.54, 1.807) is 19.5 Å². The van der Waals surface area contributed by atoms with E-state index in [-0.39, 0.29) is 18.4 Å². The van der Waals surface area contributed by atoms with E-state index in [0.29, 0.717) is 6.54 Å². The van der Waals surface area contributed by atoms with Crippen LogP contribution < -0.4 is 0 Å². The molecule has 0 bridgehead atoms. The fraction of sp³-hybridized carbons (Fsp3) is 0.412. The first-order valence-corrected chi connectivity index (χ1v) is 7.76. The number of carbonyl (C=O) groups is 1. The highest BCUT2D eigenvalue weighted by molar-refractivity contribution is 5.77. The topological polar surface area (TPSA) is 68.2 Å². The van der Waals surface area contributed by atoms with Gasteiger partial charge in [0.15, 0.2) is 0 Å². The van der Waals surface area contributed by atoms with Crippen molar-refractivity contribution >= 4 is 5.91 Å². The number of hydrogen-bond donors (Lipinski definition) is 0. The minimum atomic E-state index is 0.0512. The Morgan fingerprint density at radius 2 is 2.09 bits per heavy atom. The average Bonchev–Trinajstić information content (AvgIpc) is 2.63. The first-order chi connectivity index (χ1) is 11.3. The SMILES string of the molecule is COCC(=O)N1CCCC(c2ccc(-c3cncnc3)cn2)C1. The number of methoxy groups -OCH3 is 1. The van der Waals surface area contributed by atoms with E-state index in [2.05, 4.69) is 15.0 Å². The molecular formula is C17H20N4O2. The van der Waals surface area contributed by atoms with Crippen molar-refractivity contribution in [2.75, 3.05) is 26.8 Å². The molecule has 1 amide bonds. The lowest BCUT2D eigenvalue weighted by atomic mass is 9.93. The van der Waals surface area contributed by atoms with Crippen molar-refractivity contribution in [3.05, 3.63) is 42.7 Å². The molecule has 2 aromatic heterocycles. The molecule has 0 saturated carbocycles. The quantitative estimate of drug-likeness (QED) is 0.862. The van der Waals surface area contributed by atoms with Gasteiger partial charge in [-0.1, -0.05) is 6.07 Å². The number of nitrogens with zero attached hydrogens (tertiary/aromatic N) is 4. The smallest absolute Gasteiger partial charge is 0.248 e. The van der Waals surface area contributed by atoms with Gasteiger partial charge in [0.25, 0.3) is 0 Å². The number of aromatic nitrogens is 3. The van der Waals surface area contributed by atoms with Crippen LogP contribution in [0, 0.1) is 0 Å². The molecule has 3 heterocycles. The van der Waals surface area contributed by atoms with Gasteiger partial charge in [-0.25, -0.2) is 9.97 Å². The van der Waals surface area contributed by atoms with Crippen molar-refractivity contribution in [3.63, 3.8) is 0 Å². The average molecular weight is 312 g/mol. The zero-order valence-corrected chi connectivity index (χ0v) is 13.2. The Bertz CT molecular complexity index is 645. The predicted molar refractivity (Wildman–Crippen MR) is 85.7 cm³/mol. The molecule has 1 aliphatic rings. The monoisotopic (exact) mass is 312 g/mol. The molecule has 0 radical (unpaired) electrons. The number of ether oxygens (including phenoxy) is 1. The van der Waals surface area contributed by atoms with Crippen LogP contribution >= 0.6 is 0 Å². The molecule has 120 valence electrons. The van der Waals surface area contributed by atoms with Crippen molar-refractivity contribution < 1.29 is 9.53 Å². The van der Waals surface area contributed by atoms with Gasteiger partial charge in [-0.15, -0.1) is 0 Å². The Morgan fingerprint density at radius 3 is 2.78 bits per heavy atom. The minimum Gasteiger partial charge on any atom is -0.375 e. The third-order valence-electron chi connectivity index (χ3n) is 4.14. The van der Waals surface area contributed by atoms with Crippen LogP contribution in [-0.2, 0) is 9.53 Å². The molecule has 23 heavy (non-hydrogen) atoms. The second-order valence-corrected chi connectivity index (χ2v) is 5.71. The molecule has 0 aliphatic carbocycles. The largest absolute Gasteiger partial charge is 0.375 e. The van der Waals surface area contributed by atoms with E-state index in [1.165, 1.54) is 6.33 Å². The summed E-state index contributed by atoms with van der Waals surface area (Å²) < 4.78 is 4.94. The van der Waals surface area contributed by atoms with Gasteiger partial charge in [0.05, 0.1) is 0 Å². The number of piperidine rings is 1. The van der Waals surface area contributed by atoms with Crippen LogP contribution in [0.1, 0.15) is 24.5 Å². The maximum atomic E-state index is 12.0. The van der Waals surface area contributed by atoms with Gasteiger partial charge in [-0.05, 0) is 18.9 Å². The lowest BCUT2D eigenvalue weighted by Gasteiger charge is -2.32. The van der Waals surface area contributed by atoms with Gasteiger partial charge >= 0.3 is 0 Å². The molecule has 1 atom stereocenters. The molecule has 0 N–H and O–H groups in total. The van der Waals surface area contributed by atoms with Crippen LogP contribution in [0.25, 0.3) is 11.1 Å². The highest BCUT2D eigenvalue weighted by Crippen LogP contribution is 2.27. The van der Waals surface area contributed by atoms with E-state index in [4.69, 9.17) is 4.74 Å². The third-order valence-corrected chi connectivity index (χ3v) is 4.14. The number of carbonyl (C=O) groups excluding carboxylic acids is 1. The van der Waals surface area contributed by atoms with Gasteiger partial charge in [0.2, 0.25) is 5.91 Å². The third kappa shape index (κ3) is 3.71. The Labute approximate surface area is 135 Å². The Morgan fingerprint density at radius 1 is 1.26 bits per heavy atom. The van der Waals surface area contributed by atoms with Crippen LogP contribution in [0.3, 0.4) is 0 Å². The Balaban J connectivity index is 1.70. The summed E-state index contributed by atoms with van der Waals surface area (Å²) in [4.78, 5) is 26.5. The summed E-state index contributed by atoms with van der Waals surface area (Å²) in [6.07, 6.45) is 8.96. The maximum absolute atomic E-state index is 12.0. The summed E-state index contributed by atoms with van der Waals surface area (Å²) >= 11 is 0. The van der Waals surface area contributed by atoms with E-state index < -0.39 is 0 Å². The van der Waals surface area contributed by atoms with Gasteiger partial charge in [-0.3, -0.25) is 9.78 Å². The number of pyridine rings is 1. The van der Waals surface area contributed by atoms with E-state index in [0.717, 1.165) is 36.2 Å². The summed E-state index contributed by atoms with van der Waals surface area (Å²) in [5.41, 5.74) is 2.98. The van der Waals surface area contributed by atoms with Gasteiger partial charge in [-0.2, -0.15) is 0 Å². The van der Waals surface area contributed by atoms with E-state index in [1.807, 2.05) is 23.2 Å². The molecule has 2 aromatic rings. The van der Waals surface area contributed by atoms with Crippen LogP contribution in [0.2, 0.25) is 0 Å². The summed E-state index contributed by atoms with van der Waals surface area (Å²) in [5.74, 6) is 0.334. The highest BCUT2D eigenvalue weighted by atomic mass is 16.5. The number of hydrogen-bond acceptors (Lipinski definition) is 5. The molecule has 6 heteroatoms. The van der Waals surface area contributed by atoms with Gasteiger partial charge in [0.1, 0.15) is 12.9 Å². The lowest BCUT2D eigenvalue weighted by molar-refractivity contribution is -0.136. The highest BCUT2D eigenvalue weighted by Gasteiger charge is 2.25. The van der Waals surface area contributed by atoms with Crippen LogP contribution in [0.4, 0.5) is 0 Å². The first-order valence-electron chi connectivity index (χ1n) is 7.76. The normalized spacial score (nSPS) is 18.0. The molecule has 1 aliphatic heterocycles. The summed E-state index contributed by atoms with van der Waals surface area (Å²) in [7, 11) is 1.55. The lowest BCUT2D eigenvalue weighted by Crippen LogP contribution is -2.41. The van der Waals surface area contributed by atoms with Crippen LogP contribution in [0.15, 0.2) is 37.1 Å². The summed E-state index contributed by atoms with van der Waals surface area (Å²) in [6, 6.07) is 4.08. The van der Waals surface area contributed by atoms with Crippen molar-refractivity contribution in [2.45, 2.75) is 18.8 Å². The van der Waals surface area contributed by atoms with Crippen molar-refractivity contribution in [2.24, 2.45) is 0 Å². The second-order valence-electron chi connectivity index (χ2n) is 5.71. The fourth-order valence-electron chi connectivity index (χ4n) is 2.93. The van der Waals surface area contributed by atoms with Crippen molar-refractivity contribution in [3.8, 4) is 11.1 Å². The standard InChI is InChI=1S/C17H20N4O2/c1-23-11-17(22)21-6-2-3-14(10-21)16-5-4-13(9-20-16)15-7-18-12-19-8-15/h4-5,7-9,12,14H,2-3,6,10-11H2,1H3. The minimum absolute atomic E-state index is 0.0512. The van der Waals surface area contributed by atoms with Crippen molar-refractivity contribution in [1.29, 1.82) is 0 Å². The molecular weight excluding hydrogens is 292 g/mol. The molecule has 1 saturated heterocycles. The predicted octanol–water partition coefficient (Wildman–Crippen LogP) is 1.89. The zero-order chi connectivity index (χ0) is 16.1. The van der Waals surface area contributed by atoms with E-state index in [9.17, 15) is 4.79 Å². The van der Waals surface area contributed by atoms with Gasteiger partial charge in [0, 0.05) is 61.5 Å². The molecule has 1 unspecified atom stereocenters. The van der Waals surface area contributed by atoms with Crippen LogP contribution in [0.5, 0.6) is 0 Å². The maximum Gasteiger partial charge on any atom is 0.248 e. The number of rotatable bonds is 4. The molecule has 0 spiro atoms. The van der Waals surface area contributed by atoms with Gasteiger partial charge < -0.3 is 9.64 Å². The van der Waals surface area contributed by atoms with E-state index >= 15 is 0 Å². The summed E-state index contributed by atoms with van der Waals surface area (Å²) in [6.45, 7) is 1.66. The Hall–Kier alpha value is -2.34.